The number of fused-ring (bicyclic) bond motifs is 1. The maximum Gasteiger partial charge on any atom is 0.335 e. The lowest BCUT2D eigenvalue weighted by atomic mass is 9.91. The predicted molar refractivity (Wildman–Crippen MR) is 93.1 cm³/mol. The van der Waals surface area contributed by atoms with Crippen LogP contribution in [-0.4, -0.2) is 61.8 Å². The summed E-state index contributed by atoms with van der Waals surface area (Å²) in [6.07, 6.45) is 0.771. The van der Waals surface area contributed by atoms with Gasteiger partial charge in [0.2, 0.25) is 0 Å². The maximum atomic E-state index is 12.0. The van der Waals surface area contributed by atoms with E-state index in [4.69, 9.17) is 9.16 Å². The van der Waals surface area contributed by atoms with Crippen LogP contribution in [0.1, 0.15) is 40.5 Å². The number of aliphatic hydroxyl groups excluding tert-OH is 1. The van der Waals surface area contributed by atoms with Crippen LogP contribution in [0.5, 0.6) is 0 Å². The third-order valence-electron chi connectivity index (χ3n) is 5.47. The smallest absolute Gasteiger partial charge is 0.335 e. The number of ether oxygens (including phenoxy) is 1. The van der Waals surface area contributed by atoms with Crippen LogP contribution in [0.3, 0.4) is 0 Å². The molecule has 24 heavy (non-hydrogen) atoms. The third-order valence-corrected chi connectivity index (χ3v) is 9.98. The fourth-order valence-corrected chi connectivity index (χ4v) is 3.87. The van der Waals surface area contributed by atoms with E-state index in [1.807, 2.05) is 0 Å². The standard InChI is InChI=1S/C16H31N3O4Si/c1-7-22-15(21)14-11-8-9-13(20)12(19(11)18-17-14)10-23-24(5,6)16(2,3)4/h11-14,20H,7-10H2,1-6H3/t11-,12-,13+,14?/m1/s1. The summed E-state index contributed by atoms with van der Waals surface area (Å²) in [6.45, 7) is 13.4. The zero-order valence-corrected chi connectivity index (χ0v) is 16.7. The van der Waals surface area contributed by atoms with Gasteiger partial charge < -0.3 is 14.3 Å². The summed E-state index contributed by atoms with van der Waals surface area (Å²) in [4.78, 5) is 12.0. The normalized spacial score (nSPS) is 30.4. The highest BCUT2D eigenvalue weighted by Gasteiger charge is 2.48. The van der Waals surface area contributed by atoms with E-state index in [0.29, 0.717) is 26.1 Å². The first kappa shape index (κ1) is 19.3. The Labute approximate surface area is 145 Å². The molecule has 1 saturated heterocycles. The molecule has 0 bridgehead atoms. The Morgan fingerprint density at radius 3 is 2.58 bits per heavy atom. The number of carbonyl (C=O) groups excluding carboxylic acids is 1. The average Bonchev–Trinajstić information content (AvgIpc) is 2.89. The summed E-state index contributed by atoms with van der Waals surface area (Å²) in [7, 11) is -1.92. The maximum absolute atomic E-state index is 12.0. The Morgan fingerprint density at radius 1 is 1.33 bits per heavy atom. The van der Waals surface area contributed by atoms with E-state index in [1.54, 1.807) is 11.9 Å². The van der Waals surface area contributed by atoms with Crippen LogP contribution >= 0.6 is 0 Å². The summed E-state index contributed by atoms with van der Waals surface area (Å²) >= 11 is 0. The van der Waals surface area contributed by atoms with Gasteiger partial charge in [-0.25, -0.2) is 4.79 Å². The van der Waals surface area contributed by atoms with Gasteiger partial charge in [0.1, 0.15) is 0 Å². The second-order valence-electron chi connectivity index (χ2n) is 8.13. The highest BCUT2D eigenvalue weighted by Crippen LogP contribution is 2.38. The summed E-state index contributed by atoms with van der Waals surface area (Å²) in [5.74, 6) is -0.339. The van der Waals surface area contributed by atoms with Crippen LogP contribution in [0.25, 0.3) is 0 Å². The number of aliphatic hydroxyl groups is 1. The van der Waals surface area contributed by atoms with Crippen molar-refractivity contribution in [2.75, 3.05) is 13.2 Å². The quantitative estimate of drug-likeness (QED) is 0.604. The van der Waals surface area contributed by atoms with Crippen molar-refractivity contribution >= 4 is 14.3 Å². The highest BCUT2D eigenvalue weighted by molar-refractivity contribution is 6.74. The Hall–Kier alpha value is -0.993. The van der Waals surface area contributed by atoms with E-state index in [2.05, 4.69) is 44.2 Å². The molecule has 7 nitrogen and oxygen atoms in total. The fourth-order valence-electron chi connectivity index (χ4n) is 2.85. The monoisotopic (exact) mass is 357 g/mol. The van der Waals surface area contributed by atoms with Gasteiger partial charge >= 0.3 is 5.97 Å². The Balaban J connectivity index is 2.06. The minimum Gasteiger partial charge on any atom is -0.464 e. The molecular weight excluding hydrogens is 326 g/mol. The molecule has 2 heterocycles. The molecule has 0 aromatic carbocycles. The lowest BCUT2D eigenvalue weighted by Crippen LogP contribution is -2.56. The molecule has 0 aliphatic carbocycles. The van der Waals surface area contributed by atoms with E-state index >= 15 is 0 Å². The number of hydrogen-bond donors (Lipinski definition) is 1. The van der Waals surface area contributed by atoms with Gasteiger partial charge in [0, 0.05) is 0 Å². The first-order chi connectivity index (χ1) is 11.1. The van der Waals surface area contributed by atoms with Crippen LogP contribution in [0.15, 0.2) is 10.3 Å². The summed E-state index contributed by atoms with van der Waals surface area (Å²) in [6, 6.07) is -0.991. The topological polar surface area (TPSA) is 83.7 Å². The van der Waals surface area contributed by atoms with Crippen LogP contribution in [0, 0.1) is 0 Å². The molecule has 1 N–H and O–H groups in total. The van der Waals surface area contributed by atoms with Crippen molar-refractivity contribution in [3.63, 3.8) is 0 Å². The molecule has 0 saturated carbocycles. The summed E-state index contributed by atoms with van der Waals surface area (Å²) < 4.78 is 11.4. The molecule has 138 valence electrons. The van der Waals surface area contributed by atoms with Gasteiger partial charge in [-0.2, -0.15) is 5.11 Å². The molecule has 2 aliphatic heterocycles. The van der Waals surface area contributed by atoms with Crippen molar-refractivity contribution in [2.45, 2.75) is 82.9 Å². The molecule has 2 aliphatic rings. The molecular formula is C16H31N3O4Si. The molecule has 2 rings (SSSR count). The zero-order valence-electron chi connectivity index (χ0n) is 15.7. The van der Waals surface area contributed by atoms with Crippen molar-refractivity contribution in [3.05, 3.63) is 0 Å². The van der Waals surface area contributed by atoms with Crippen molar-refractivity contribution in [1.29, 1.82) is 0 Å². The van der Waals surface area contributed by atoms with E-state index in [9.17, 15) is 9.90 Å². The first-order valence-corrected chi connectivity index (χ1v) is 11.7. The predicted octanol–water partition coefficient (Wildman–Crippen LogP) is 2.51. The SMILES string of the molecule is CCOC(=O)C1N=NN2[C@@H]1CC[C@H](O)[C@H]2CO[Si](C)(C)C(C)(C)C. The van der Waals surface area contributed by atoms with Gasteiger partial charge in [-0.3, -0.25) is 5.01 Å². The number of rotatable bonds is 5. The molecule has 0 amide bonds. The van der Waals surface area contributed by atoms with E-state index in [1.165, 1.54) is 0 Å². The van der Waals surface area contributed by atoms with Crippen molar-refractivity contribution in [2.24, 2.45) is 10.3 Å². The molecule has 8 heteroatoms. The van der Waals surface area contributed by atoms with Crippen LogP contribution in [0.2, 0.25) is 18.1 Å². The van der Waals surface area contributed by atoms with Crippen molar-refractivity contribution < 1.29 is 19.1 Å². The van der Waals surface area contributed by atoms with Gasteiger partial charge in [-0.05, 0) is 37.9 Å². The van der Waals surface area contributed by atoms with Gasteiger partial charge in [0.15, 0.2) is 14.4 Å². The first-order valence-electron chi connectivity index (χ1n) is 8.76. The van der Waals surface area contributed by atoms with E-state index in [0.717, 1.165) is 0 Å². The minimum absolute atomic E-state index is 0.103. The summed E-state index contributed by atoms with van der Waals surface area (Å²) in [5, 5.41) is 20.6. The highest BCUT2D eigenvalue weighted by atomic mass is 28.4. The number of nitrogens with zero attached hydrogens (tertiary/aromatic N) is 3. The number of carbonyl (C=O) groups is 1. The lowest BCUT2D eigenvalue weighted by Gasteiger charge is -2.42. The molecule has 0 aromatic rings. The Bertz CT molecular complexity index is 492. The van der Waals surface area contributed by atoms with E-state index < -0.39 is 20.5 Å². The van der Waals surface area contributed by atoms with Gasteiger partial charge in [0.05, 0.1) is 31.4 Å². The average molecular weight is 358 g/mol. The van der Waals surface area contributed by atoms with Crippen molar-refractivity contribution in [3.8, 4) is 0 Å². The zero-order chi connectivity index (χ0) is 18.1. The Kier molecular flexibility index (Phi) is 5.71. The lowest BCUT2D eigenvalue weighted by molar-refractivity contribution is -0.146. The van der Waals surface area contributed by atoms with Gasteiger partial charge in [0.25, 0.3) is 0 Å². The second kappa shape index (κ2) is 7.09. The van der Waals surface area contributed by atoms with Gasteiger partial charge in [-0.1, -0.05) is 26.0 Å². The molecule has 1 fully saturated rings. The van der Waals surface area contributed by atoms with Gasteiger partial charge in [-0.15, -0.1) is 0 Å². The summed E-state index contributed by atoms with van der Waals surface area (Å²) in [5.41, 5.74) is 0. The molecule has 0 radical (unpaired) electrons. The van der Waals surface area contributed by atoms with Crippen molar-refractivity contribution in [1.82, 2.24) is 5.01 Å². The van der Waals surface area contributed by atoms with Crippen LogP contribution < -0.4 is 0 Å². The minimum atomic E-state index is -1.92. The number of hydrogen-bond acceptors (Lipinski definition) is 7. The molecule has 0 spiro atoms. The van der Waals surface area contributed by atoms with E-state index in [-0.39, 0.29) is 23.1 Å². The fraction of sp³-hybridized carbons (Fsp3) is 0.938. The number of piperidine rings is 1. The third kappa shape index (κ3) is 3.81. The van der Waals surface area contributed by atoms with Crippen LogP contribution in [-0.2, 0) is 14.0 Å². The second-order valence-corrected chi connectivity index (χ2v) is 12.9. The Morgan fingerprint density at radius 2 is 2.00 bits per heavy atom. The molecule has 0 aromatic heterocycles. The van der Waals surface area contributed by atoms with Crippen LogP contribution in [0.4, 0.5) is 0 Å². The number of esters is 1. The molecule has 4 atom stereocenters. The largest absolute Gasteiger partial charge is 0.464 e. The molecule has 1 unspecified atom stereocenters.